The van der Waals surface area contributed by atoms with Crippen LogP contribution in [0.25, 0.3) is 0 Å². The normalized spacial score (nSPS) is 19.7. The highest BCUT2D eigenvalue weighted by atomic mass is 19.1. The standard InChI is InChI=1S/C46H49FN3O7/c1-30(2)40-42-31(3)37(43(48(42)46(40)53)44(52)34-18-20-35(21-19-34)49(54)55)27-50(24-10-11-25-50)26-12-17-38(51)36-22-23-39(56-28-32-13-6-4-7-14-32)45(41(36)47)57-29-33-15-8-5-9-16-33/h4-9,13-16,18-23,30-31,40,42H,10-12,17,24-29H2,1-3H3/q+1/t31-,40+,42+/m0/s1. The van der Waals surface area contributed by atoms with Crippen molar-refractivity contribution in [1.82, 2.24) is 4.90 Å². The van der Waals surface area contributed by atoms with Crippen molar-refractivity contribution >= 4 is 23.2 Å². The van der Waals surface area contributed by atoms with E-state index in [2.05, 4.69) is 6.92 Å². The first-order chi connectivity index (χ1) is 27.5. The van der Waals surface area contributed by atoms with Gasteiger partial charge in [0, 0.05) is 54.9 Å². The zero-order valence-corrected chi connectivity index (χ0v) is 32.7. The van der Waals surface area contributed by atoms with Crippen molar-refractivity contribution in [3.05, 3.63) is 147 Å². The number of benzene rings is 4. The van der Waals surface area contributed by atoms with Gasteiger partial charge >= 0.3 is 0 Å². The zero-order valence-electron chi connectivity index (χ0n) is 32.7. The molecule has 0 saturated carbocycles. The number of hydrogen-bond acceptors (Lipinski definition) is 7. The summed E-state index contributed by atoms with van der Waals surface area (Å²) in [5, 5.41) is 11.3. The number of carbonyl (C=O) groups excluding carboxylic acids is 3. The van der Waals surface area contributed by atoms with Gasteiger partial charge in [0.25, 0.3) is 5.69 Å². The Bertz CT molecular complexity index is 2170. The number of likely N-dealkylation sites (tertiary alicyclic amines) is 1. The van der Waals surface area contributed by atoms with Gasteiger partial charge in [-0.25, -0.2) is 4.39 Å². The smallest absolute Gasteiger partial charge is 0.269 e. The van der Waals surface area contributed by atoms with E-state index in [0.717, 1.165) is 42.6 Å². The van der Waals surface area contributed by atoms with E-state index in [1.165, 1.54) is 30.3 Å². The van der Waals surface area contributed by atoms with Gasteiger partial charge in [-0.15, -0.1) is 0 Å². The number of ether oxygens (including phenoxy) is 2. The number of allylic oxidation sites excluding steroid dienone is 1. The van der Waals surface area contributed by atoms with Gasteiger partial charge in [-0.3, -0.25) is 24.5 Å². The SMILES string of the molecule is CC(C)[C@H]1C(=O)N2C(C(=O)c3ccc([N+](=O)[O-])cc3)=C(C[N+]3(CCCC(=O)c4ccc(OCc5ccccc5)c(OCc5ccccc5)c4F)CCCC3)[C@H](C)[C@H]12. The number of β-lactam (4-membered cyclic amide) rings is 1. The van der Waals surface area contributed by atoms with Gasteiger partial charge < -0.3 is 18.9 Å². The van der Waals surface area contributed by atoms with Crippen LogP contribution in [0.4, 0.5) is 10.1 Å². The largest absolute Gasteiger partial charge is 0.485 e. The average Bonchev–Trinajstić information content (AvgIpc) is 3.77. The summed E-state index contributed by atoms with van der Waals surface area (Å²) in [5.74, 6) is -1.50. The number of rotatable bonds is 17. The van der Waals surface area contributed by atoms with Crippen molar-refractivity contribution in [3.8, 4) is 11.5 Å². The quantitative estimate of drug-likeness (QED) is 0.0347. The van der Waals surface area contributed by atoms with Crippen molar-refractivity contribution in [1.29, 1.82) is 0 Å². The molecule has 57 heavy (non-hydrogen) atoms. The molecular weight excluding hydrogens is 726 g/mol. The molecule has 11 heteroatoms. The summed E-state index contributed by atoms with van der Waals surface area (Å²) < 4.78 is 29.0. The van der Waals surface area contributed by atoms with Crippen molar-refractivity contribution in [2.75, 3.05) is 26.2 Å². The fraction of sp³-hybridized carbons (Fsp3) is 0.370. The molecule has 0 unspecified atom stereocenters. The Kier molecular flexibility index (Phi) is 11.7. The second kappa shape index (κ2) is 16.8. The molecule has 0 aliphatic carbocycles. The van der Waals surface area contributed by atoms with Crippen LogP contribution in [0.15, 0.2) is 108 Å². The number of hydrogen-bond donors (Lipinski definition) is 0. The van der Waals surface area contributed by atoms with Gasteiger partial charge in [0.15, 0.2) is 23.1 Å². The molecule has 7 rings (SSSR count). The van der Waals surface area contributed by atoms with Crippen LogP contribution in [0.5, 0.6) is 11.5 Å². The highest BCUT2D eigenvalue weighted by molar-refractivity contribution is 6.13. The van der Waals surface area contributed by atoms with Crippen LogP contribution in [0.3, 0.4) is 0 Å². The Labute approximate surface area is 332 Å². The molecule has 0 aromatic heterocycles. The number of fused-ring (bicyclic) bond motifs is 1. The minimum Gasteiger partial charge on any atom is -0.485 e. The van der Waals surface area contributed by atoms with Crippen molar-refractivity contribution in [2.24, 2.45) is 17.8 Å². The minimum absolute atomic E-state index is 0.0520. The average molecular weight is 775 g/mol. The van der Waals surface area contributed by atoms with E-state index in [-0.39, 0.29) is 83.7 Å². The molecule has 3 atom stereocenters. The van der Waals surface area contributed by atoms with Gasteiger partial charge in [0.1, 0.15) is 19.8 Å². The number of carbonyl (C=O) groups is 3. The van der Waals surface area contributed by atoms with Crippen LogP contribution in [0.1, 0.15) is 78.3 Å². The minimum atomic E-state index is -0.750. The lowest BCUT2D eigenvalue weighted by molar-refractivity contribution is -0.912. The van der Waals surface area contributed by atoms with Gasteiger partial charge in [-0.05, 0) is 41.3 Å². The second-order valence-electron chi connectivity index (χ2n) is 16.0. The number of nitro benzene ring substituents is 1. The highest BCUT2D eigenvalue weighted by Gasteiger charge is 2.60. The predicted molar refractivity (Wildman–Crippen MR) is 213 cm³/mol. The molecule has 0 N–H and O–H groups in total. The maximum Gasteiger partial charge on any atom is 0.269 e. The summed E-state index contributed by atoms with van der Waals surface area (Å²) >= 11 is 0. The first-order valence-electron chi connectivity index (χ1n) is 19.9. The molecule has 0 spiro atoms. The molecule has 10 nitrogen and oxygen atoms in total. The molecule has 3 aliphatic heterocycles. The summed E-state index contributed by atoms with van der Waals surface area (Å²) in [5.41, 5.74) is 3.20. The third-order valence-electron chi connectivity index (χ3n) is 12.0. The molecule has 1 amide bonds. The number of non-ortho nitro benzene ring substituents is 1. The lowest BCUT2D eigenvalue weighted by Gasteiger charge is -2.47. The van der Waals surface area contributed by atoms with Gasteiger partial charge in [0.2, 0.25) is 11.7 Å². The summed E-state index contributed by atoms with van der Waals surface area (Å²) in [7, 11) is 0. The number of Topliss-reactive ketones (excluding diaryl/α,β-unsaturated/α-hetero) is 2. The lowest BCUT2D eigenvalue weighted by Crippen LogP contribution is -2.62. The first-order valence-corrected chi connectivity index (χ1v) is 19.9. The van der Waals surface area contributed by atoms with Crippen LogP contribution in [0, 0.1) is 33.7 Å². The van der Waals surface area contributed by atoms with Crippen molar-refractivity contribution in [3.63, 3.8) is 0 Å². The number of ketones is 2. The number of quaternary nitrogens is 1. The predicted octanol–water partition coefficient (Wildman–Crippen LogP) is 8.74. The number of halogens is 1. The van der Waals surface area contributed by atoms with E-state index in [0.29, 0.717) is 35.3 Å². The van der Waals surface area contributed by atoms with Crippen LogP contribution in [0.2, 0.25) is 0 Å². The Balaban J connectivity index is 1.10. The summed E-state index contributed by atoms with van der Waals surface area (Å²) in [6, 6.07) is 27.4. The first kappa shape index (κ1) is 39.6. The molecule has 2 fully saturated rings. The fourth-order valence-electron chi connectivity index (χ4n) is 8.93. The molecule has 0 radical (unpaired) electrons. The van der Waals surface area contributed by atoms with Crippen LogP contribution < -0.4 is 9.47 Å². The zero-order chi connectivity index (χ0) is 40.3. The van der Waals surface area contributed by atoms with E-state index in [9.17, 15) is 24.5 Å². The summed E-state index contributed by atoms with van der Waals surface area (Å²) in [6.45, 7) is 9.36. The van der Waals surface area contributed by atoms with E-state index in [1.54, 1.807) is 11.0 Å². The summed E-state index contributed by atoms with van der Waals surface area (Å²) in [6.07, 6.45) is 2.59. The van der Waals surface area contributed by atoms with Gasteiger partial charge in [-0.1, -0.05) is 81.4 Å². The summed E-state index contributed by atoms with van der Waals surface area (Å²) in [4.78, 5) is 54.1. The van der Waals surface area contributed by atoms with E-state index >= 15 is 4.39 Å². The van der Waals surface area contributed by atoms with Crippen LogP contribution >= 0.6 is 0 Å². The molecule has 2 saturated heterocycles. The molecule has 4 aromatic rings. The Hall–Kier alpha value is -5.68. The van der Waals surface area contributed by atoms with E-state index in [4.69, 9.17) is 9.47 Å². The molecule has 3 heterocycles. The van der Waals surface area contributed by atoms with Crippen molar-refractivity contribution in [2.45, 2.75) is 65.7 Å². The lowest BCUT2D eigenvalue weighted by atomic mass is 9.74. The molecule has 0 bridgehead atoms. The number of nitrogens with zero attached hydrogens (tertiary/aromatic N) is 3. The molecular formula is C46H49FN3O7+. The van der Waals surface area contributed by atoms with Gasteiger partial charge in [0.05, 0.1) is 47.8 Å². The van der Waals surface area contributed by atoms with E-state index < -0.39 is 10.7 Å². The Morgan fingerprint density at radius 1 is 0.895 bits per heavy atom. The number of amides is 1. The Morgan fingerprint density at radius 2 is 1.51 bits per heavy atom. The van der Waals surface area contributed by atoms with Gasteiger partial charge in [-0.2, -0.15) is 0 Å². The maximum atomic E-state index is 16.3. The fourth-order valence-corrected chi connectivity index (χ4v) is 8.93. The highest BCUT2D eigenvalue weighted by Crippen LogP contribution is 2.50. The van der Waals surface area contributed by atoms with Crippen LogP contribution in [-0.2, 0) is 18.0 Å². The Morgan fingerprint density at radius 3 is 2.11 bits per heavy atom. The molecule has 296 valence electrons. The maximum absolute atomic E-state index is 16.3. The molecule has 4 aromatic carbocycles. The van der Waals surface area contributed by atoms with E-state index in [1.807, 2.05) is 74.5 Å². The topological polar surface area (TPSA) is 116 Å². The molecule has 3 aliphatic rings. The monoisotopic (exact) mass is 774 g/mol. The van der Waals surface area contributed by atoms with Crippen LogP contribution in [-0.4, -0.2) is 64.0 Å². The van der Waals surface area contributed by atoms with Crippen molar-refractivity contribution < 1.29 is 37.7 Å². The third kappa shape index (κ3) is 8.12. The second-order valence-corrected chi connectivity index (χ2v) is 16.0. The third-order valence-corrected chi connectivity index (χ3v) is 12.0. The number of nitro groups is 1.